The van der Waals surface area contributed by atoms with Gasteiger partial charge in [-0.05, 0) is 6.92 Å². The number of nitrogens with two attached hydrogens (primary N) is 1. The largest absolute Gasteiger partial charge is 0.355 e. The number of rotatable bonds is 3. The highest BCUT2D eigenvalue weighted by Gasteiger charge is 2.08. The van der Waals surface area contributed by atoms with Gasteiger partial charge in [0.2, 0.25) is 5.91 Å². The highest BCUT2D eigenvalue weighted by Crippen LogP contribution is 1.81. The SMILES string of the molecule is CCNC(=O)[C@H](N)CS. The average molecular weight is 148 g/mol. The number of amides is 1. The molecule has 0 aliphatic heterocycles. The van der Waals surface area contributed by atoms with Crippen molar-refractivity contribution in [2.24, 2.45) is 5.73 Å². The third kappa shape index (κ3) is 3.37. The number of carbonyl (C=O) groups is 1. The van der Waals surface area contributed by atoms with Gasteiger partial charge in [0, 0.05) is 12.3 Å². The van der Waals surface area contributed by atoms with Gasteiger partial charge < -0.3 is 11.1 Å². The number of hydrogen-bond acceptors (Lipinski definition) is 3. The second-order valence-electron chi connectivity index (χ2n) is 1.68. The lowest BCUT2D eigenvalue weighted by atomic mass is 10.3. The van der Waals surface area contributed by atoms with E-state index in [4.69, 9.17) is 5.73 Å². The minimum atomic E-state index is -0.465. The molecular formula is C5H12N2OS. The Hall–Kier alpha value is -0.220. The molecule has 1 atom stereocenters. The molecule has 1 amide bonds. The molecule has 0 aromatic heterocycles. The van der Waals surface area contributed by atoms with Gasteiger partial charge in [-0.1, -0.05) is 0 Å². The van der Waals surface area contributed by atoms with E-state index in [0.29, 0.717) is 12.3 Å². The van der Waals surface area contributed by atoms with E-state index in [0.717, 1.165) is 0 Å². The second kappa shape index (κ2) is 4.64. The topological polar surface area (TPSA) is 55.1 Å². The summed E-state index contributed by atoms with van der Waals surface area (Å²) in [5.74, 6) is 0.263. The summed E-state index contributed by atoms with van der Waals surface area (Å²) in [5, 5.41) is 2.58. The highest BCUT2D eigenvalue weighted by atomic mass is 32.1. The third-order valence-electron chi connectivity index (χ3n) is 0.884. The Kier molecular flexibility index (Phi) is 4.53. The first kappa shape index (κ1) is 8.78. The molecule has 0 heterocycles. The molecule has 3 nitrogen and oxygen atoms in total. The van der Waals surface area contributed by atoms with Crippen LogP contribution in [0.1, 0.15) is 6.92 Å². The Morgan fingerprint density at radius 2 is 2.44 bits per heavy atom. The highest BCUT2D eigenvalue weighted by molar-refractivity contribution is 7.80. The van der Waals surface area contributed by atoms with Crippen molar-refractivity contribution in [3.63, 3.8) is 0 Å². The second-order valence-corrected chi connectivity index (χ2v) is 2.05. The quantitative estimate of drug-likeness (QED) is 0.467. The Morgan fingerprint density at radius 1 is 1.89 bits per heavy atom. The van der Waals surface area contributed by atoms with Crippen LogP contribution in [0.3, 0.4) is 0 Å². The summed E-state index contributed by atoms with van der Waals surface area (Å²) in [4.78, 5) is 10.7. The van der Waals surface area contributed by atoms with Gasteiger partial charge in [-0.15, -0.1) is 0 Å². The summed E-state index contributed by atoms with van der Waals surface area (Å²) < 4.78 is 0. The molecule has 0 aromatic carbocycles. The van der Waals surface area contributed by atoms with Crippen LogP contribution in [0.25, 0.3) is 0 Å². The Balaban J connectivity index is 3.46. The van der Waals surface area contributed by atoms with Crippen LogP contribution < -0.4 is 11.1 Å². The molecule has 54 valence electrons. The molecule has 0 saturated carbocycles. The Morgan fingerprint density at radius 3 is 2.78 bits per heavy atom. The smallest absolute Gasteiger partial charge is 0.237 e. The zero-order valence-corrected chi connectivity index (χ0v) is 6.32. The summed E-state index contributed by atoms with van der Waals surface area (Å²) in [6.45, 7) is 2.48. The zero-order valence-electron chi connectivity index (χ0n) is 5.42. The van der Waals surface area contributed by atoms with Crippen LogP contribution in [0.2, 0.25) is 0 Å². The minimum absolute atomic E-state index is 0.132. The Bertz CT molecular complexity index is 97.0. The molecule has 0 aliphatic rings. The fourth-order valence-electron chi connectivity index (χ4n) is 0.388. The summed E-state index contributed by atoms with van der Waals surface area (Å²) in [7, 11) is 0. The van der Waals surface area contributed by atoms with Gasteiger partial charge in [-0.25, -0.2) is 0 Å². The number of likely N-dealkylation sites (N-methyl/N-ethyl adjacent to an activating group) is 1. The van der Waals surface area contributed by atoms with Gasteiger partial charge in [-0.3, -0.25) is 4.79 Å². The lowest BCUT2D eigenvalue weighted by molar-refractivity contribution is -0.121. The number of hydrogen-bond donors (Lipinski definition) is 3. The molecule has 0 saturated heterocycles. The van der Waals surface area contributed by atoms with E-state index in [1.807, 2.05) is 6.92 Å². The van der Waals surface area contributed by atoms with Crippen molar-refractivity contribution in [3.05, 3.63) is 0 Å². The average Bonchev–Trinajstić information content (AvgIpc) is 1.87. The van der Waals surface area contributed by atoms with Crippen LogP contribution in [0.4, 0.5) is 0 Å². The van der Waals surface area contributed by atoms with E-state index < -0.39 is 6.04 Å². The van der Waals surface area contributed by atoms with Gasteiger partial charge in [0.1, 0.15) is 0 Å². The first-order valence-corrected chi connectivity index (χ1v) is 3.49. The predicted octanol–water partition coefficient (Wildman–Crippen LogP) is -0.620. The van der Waals surface area contributed by atoms with Gasteiger partial charge in [0.25, 0.3) is 0 Å². The molecule has 0 unspecified atom stereocenters. The molecule has 0 rings (SSSR count). The van der Waals surface area contributed by atoms with Gasteiger partial charge >= 0.3 is 0 Å². The van der Waals surface area contributed by atoms with Crippen LogP contribution in [-0.4, -0.2) is 24.2 Å². The third-order valence-corrected chi connectivity index (χ3v) is 1.28. The van der Waals surface area contributed by atoms with Crippen molar-refractivity contribution in [1.82, 2.24) is 5.32 Å². The first-order valence-electron chi connectivity index (χ1n) is 2.86. The molecule has 0 aliphatic carbocycles. The van der Waals surface area contributed by atoms with Gasteiger partial charge in [0.05, 0.1) is 6.04 Å². The van der Waals surface area contributed by atoms with E-state index in [-0.39, 0.29) is 5.91 Å². The van der Waals surface area contributed by atoms with Crippen LogP contribution in [-0.2, 0) is 4.79 Å². The molecular weight excluding hydrogens is 136 g/mol. The lowest BCUT2D eigenvalue weighted by Crippen LogP contribution is -2.41. The molecule has 0 radical (unpaired) electrons. The minimum Gasteiger partial charge on any atom is -0.355 e. The fraction of sp³-hybridized carbons (Fsp3) is 0.800. The molecule has 9 heavy (non-hydrogen) atoms. The fourth-order valence-corrected chi connectivity index (χ4v) is 0.554. The molecule has 0 bridgehead atoms. The standard InChI is InChI=1S/C5H12N2OS/c1-2-7-5(8)4(6)3-9/h4,9H,2-3,6H2,1H3,(H,7,8)/t4-/m1/s1. The summed E-state index contributed by atoms with van der Waals surface area (Å²) in [6, 6.07) is -0.465. The van der Waals surface area contributed by atoms with Crippen LogP contribution >= 0.6 is 12.6 Å². The molecule has 3 N–H and O–H groups in total. The number of thiol groups is 1. The van der Waals surface area contributed by atoms with Gasteiger partial charge in [0.15, 0.2) is 0 Å². The maximum atomic E-state index is 10.7. The van der Waals surface area contributed by atoms with E-state index in [1.165, 1.54) is 0 Å². The van der Waals surface area contributed by atoms with Crippen molar-refractivity contribution < 1.29 is 4.79 Å². The summed E-state index contributed by atoms with van der Waals surface area (Å²) in [6.07, 6.45) is 0. The molecule has 0 spiro atoms. The molecule has 4 heteroatoms. The van der Waals surface area contributed by atoms with Gasteiger partial charge in [-0.2, -0.15) is 12.6 Å². The van der Waals surface area contributed by atoms with E-state index in [1.54, 1.807) is 0 Å². The normalized spacial score (nSPS) is 12.8. The van der Waals surface area contributed by atoms with Crippen molar-refractivity contribution in [1.29, 1.82) is 0 Å². The van der Waals surface area contributed by atoms with E-state index in [2.05, 4.69) is 17.9 Å². The first-order chi connectivity index (χ1) is 4.22. The molecule has 0 fully saturated rings. The van der Waals surface area contributed by atoms with Crippen molar-refractivity contribution in [2.45, 2.75) is 13.0 Å². The predicted molar refractivity (Wildman–Crippen MR) is 40.5 cm³/mol. The summed E-state index contributed by atoms with van der Waals surface area (Å²) >= 11 is 3.86. The maximum absolute atomic E-state index is 10.7. The van der Waals surface area contributed by atoms with Crippen LogP contribution in [0.15, 0.2) is 0 Å². The van der Waals surface area contributed by atoms with Crippen LogP contribution in [0.5, 0.6) is 0 Å². The van der Waals surface area contributed by atoms with Crippen molar-refractivity contribution in [3.8, 4) is 0 Å². The number of nitrogens with one attached hydrogen (secondary N) is 1. The van der Waals surface area contributed by atoms with E-state index in [9.17, 15) is 4.79 Å². The lowest BCUT2D eigenvalue weighted by Gasteiger charge is -2.06. The zero-order chi connectivity index (χ0) is 7.28. The molecule has 0 aromatic rings. The Labute approximate surface area is 60.4 Å². The monoisotopic (exact) mass is 148 g/mol. The van der Waals surface area contributed by atoms with Crippen LogP contribution in [0, 0.1) is 0 Å². The number of carbonyl (C=O) groups excluding carboxylic acids is 1. The van der Waals surface area contributed by atoms with Crippen molar-refractivity contribution in [2.75, 3.05) is 12.3 Å². The van der Waals surface area contributed by atoms with E-state index >= 15 is 0 Å². The maximum Gasteiger partial charge on any atom is 0.237 e. The van der Waals surface area contributed by atoms with Crippen molar-refractivity contribution >= 4 is 18.5 Å². The summed E-state index contributed by atoms with van der Waals surface area (Å²) in [5.41, 5.74) is 5.31.